The zero-order valence-corrected chi connectivity index (χ0v) is 21.3. The average Bonchev–Trinajstić information content (AvgIpc) is 3.62. The molecule has 5 aromatic rings. The molecule has 0 spiro atoms. The Morgan fingerprint density at radius 1 is 0.974 bits per heavy atom. The molecule has 0 N–H and O–H groups in total. The van der Waals surface area contributed by atoms with Crippen LogP contribution in [0.5, 0.6) is 0 Å². The molecule has 38 heavy (non-hydrogen) atoms. The van der Waals surface area contributed by atoms with E-state index in [1.807, 2.05) is 41.5 Å². The molecule has 0 radical (unpaired) electrons. The fraction of sp³-hybridized carbons (Fsp3) is 0.296. The standard InChI is InChI=1S/C27H27N11/c1-19(2)37-17-24(33-34-37)21-12-23(27-22(13-28)15-32-38(27)16-21)20-4-5-26(31-14-20)36-10-8-35(9-11-36)18-25-29-6-3-7-30-25/h3-7,12,14-17,19H,8-11,18H2,1-2H3. The summed E-state index contributed by atoms with van der Waals surface area (Å²) in [5.41, 5.74) is 4.67. The van der Waals surface area contributed by atoms with Crippen molar-refractivity contribution in [3.63, 3.8) is 0 Å². The van der Waals surface area contributed by atoms with Crippen LogP contribution in [0.25, 0.3) is 27.9 Å². The Kier molecular flexibility index (Phi) is 6.23. The highest BCUT2D eigenvalue weighted by atomic mass is 15.4. The maximum absolute atomic E-state index is 9.71. The van der Waals surface area contributed by atoms with Crippen LogP contribution in [0, 0.1) is 11.3 Å². The van der Waals surface area contributed by atoms with Gasteiger partial charge in [-0.25, -0.2) is 24.1 Å². The smallest absolute Gasteiger partial charge is 0.142 e. The molecule has 1 fully saturated rings. The molecule has 0 saturated carbocycles. The first-order chi connectivity index (χ1) is 18.6. The molecule has 5 aromatic heterocycles. The van der Waals surface area contributed by atoms with Gasteiger partial charge in [-0.3, -0.25) is 4.90 Å². The molecule has 6 rings (SSSR count). The van der Waals surface area contributed by atoms with Crippen LogP contribution in [0.4, 0.5) is 5.82 Å². The Morgan fingerprint density at radius 2 is 1.79 bits per heavy atom. The van der Waals surface area contributed by atoms with Gasteiger partial charge in [0.25, 0.3) is 0 Å². The van der Waals surface area contributed by atoms with Crippen molar-refractivity contribution >= 4 is 11.3 Å². The van der Waals surface area contributed by atoms with Gasteiger partial charge in [-0.05, 0) is 38.1 Å². The van der Waals surface area contributed by atoms with Crippen molar-refractivity contribution in [2.45, 2.75) is 26.4 Å². The first kappa shape index (κ1) is 23.7. The quantitative estimate of drug-likeness (QED) is 0.343. The molecule has 0 aromatic carbocycles. The highest BCUT2D eigenvalue weighted by Gasteiger charge is 2.20. The minimum absolute atomic E-state index is 0.208. The second kappa shape index (κ2) is 9.99. The van der Waals surface area contributed by atoms with Gasteiger partial charge in [0, 0.05) is 73.7 Å². The largest absolute Gasteiger partial charge is 0.354 e. The third-order valence-corrected chi connectivity index (χ3v) is 6.81. The molecule has 1 aliphatic heterocycles. The van der Waals surface area contributed by atoms with Crippen molar-refractivity contribution in [1.82, 2.24) is 44.5 Å². The Hall–Kier alpha value is -4.69. The number of aromatic nitrogens is 8. The van der Waals surface area contributed by atoms with Crippen LogP contribution < -0.4 is 4.90 Å². The summed E-state index contributed by atoms with van der Waals surface area (Å²) in [5, 5.41) is 22.7. The molecule has 1 saturated heterocycles. The molecular formula is C27H27N11. The fourth-order valence-electron chi connectivity index (χ4n) is 4.70. The number of pyridine rings is 2. The van der Waals surface area contributed by atoms with Crippen molar-refractivity contribution in [2.75, 3.05) is 31.1 Å². The molecule has 11 heteroatoms. The van der Waals surface area contributed by atoms with E-state index in [1.165, 1.54) is 0 Å². The maximum Gasteiger partial charge on any atom is 0.142 e. The summed E-state index contributed by atoms with van der Waals surface area (Å²) >= 11 is 0. The lowest BCUT2D eigenvalue weighted by Gasteiger charge is -2.35. The van der Waals surface area contributed by atoms with E-state index < -0.39 is 0 Å². The van der Waals surface area contributed by atoms with Crippen molar-refractivity contribution in [1.29, 1.82) is 5.26 Å². The van der Waals surface area contributed by atoms with E-state index in [-0.39, 0.29) is 6.04 Å². The highest BCUT2D eigenvalue weighted by Crippen LogP contribution is 2.32. The van der Waals surface area contributed by atoms with Gasteiger partial charge in [-0.2, -0.15) is 10.4 Å². The Morgan fingerprint density at radius 3 is 2.47 bits per heavy atom. The molecular weight excluding hydrogens is 478 g/mol. The highest BCUT2D eigenvalue weighted by molar-refractivity contribution is 5.87. The number of nitrogens with zero attached hydrogens (tertiary/aromatic N) is 11. The van der Waals surface area contributed by atoms with E-state index in [1.54, 1.807) is 23.1 Å². The SMILES string of the molecule is CC(C)n1cc(-c2cc(-c3ccc(N4CCN(Cc5ncccn5)CC4)nc3)c3c(C#N)cnn3c2)nn1. The summed E-state index contributed by atoms with van der Waals surface area (Å²) in [6, 6.07) is 10.5. The molecule has 0 bridgehead atoms. The lowest BCUT2D eigenvalue weighted by Crippen LogP contribution is -2.46. The van der Waals surface area contributed by atoms with Gasteiger partial charge in [0.15, 0.2) is 0 Å². The molecule has 0 amide bonds. The number of fused-ring (bicyclic) bond motifs is 1. The minimum atomic E-state index is 0.208. The number of piperazine rings is 1. The fourth-order valence-corrected chi connectivity index (χ4v) is 4.70. The normalized spacial score (nSPS) is 14.3. The van der Waals surface area contributed by atoms with Crippen molar-refractivity contribution in [3.8, 4) is 28.5 Å². The Balaban J connectivity index is 1.25. The number of hydrogen-bond acceptors (Lipinski definition) is 9. The van der Waals surface area contributed by atoms with E-state index >= 15 is 0 Å². The van der Waals surface area contributed by atoms with Crippen LogP contribution in [-0.2, 0) is 6.54 Å². The molecule has 190 valence electrons. The summed E-state index contributed by atoms with van der Waals surface area (Å²) in [5.74, 6) is 1.78. The second-order valence-corrected chi connectivity index (χ2v) is 9.62. The zero-order chi connectivity index (χ0) is 26.1. The monoisotopic (exact) mass is 505 g/mol. The first-order valence-corrected chi connectivity index (χ1v) is 12.6. The zero-order valence-electron chi connectivity index (χ0n) is 21.3. The molecule has 0 atom stereocenters. The summed E-state index contributed by atoms with van der Waals surface area (Å²) in [7, 11) is 0. The van der Waals surface area contributed by atoms with Crippen molar-refractivity contribution in [3.05, 3.63) is 72.8 Å². The van der Waals surface area contributed by atoms with Crippen LogP contribution in [0.1, 0.15) is 31.3 Å². The van der Waals surface area contributed by atoms with Crippen LogP contribution in [0.15, 0.2) is 61.4 Å². The Bertz CT molecular complexity index is 1590. The van der Waals surface area contributed by atoms with Crippen LogP contribution in [0.2, 0.25) is 0 Å². The summed E-state index contributed by atoms with van der Waals surface area (Å²) in [4.78, 5) is 18.1. The molecule has 1 aliphatic rings. The minimum Gasteiger partial charge on any atom is -0.354 e. The average molecular weight is 506 g/mol. The lowest BCUT2D eigenvalue weighted by atomic mass is 10.0. The maximum atomic E-state index is 9.71. The Labute approximate surface area is 220 Å². The van der Waals surface area contributed by atoms with Gasteiger partial charge < -0.3 is 4.90 Å². The van der Waals surface area contributed by atoms with Crippen LogP contribution >= 0.6 is 0 Å². The van der Waals surface area contributed by atoms with Gasteiger partial charge in [0.2, 0.25) is 0 Å². The van der Waals surface area contributed by atoms with Gasteiger partial charge in [-0.15, -0.1) is 5.10 Å². The second-order valence-electron chi connectivity index (χ2n) is 9.62. The predicted octanol–water partition coefficient (Wildman–Crippen LogP) is 3.22. The summed E-state index contributed by atoms with van der Waals surface area (Å²) in [6.45, 7) is 8.48. The molecule has 0 aliphatic carbocycles. The number of rotatable bonds is 6. The lowest BCUT2D eigenvalue weighted by molar-refractivity contribution is 0.243. The number of anilines is 1. The topological polar surface area (TPSA) is 117 Å². The van der Waals surface area contributed by atoms with E-state index in [4.69, 9.17) is 4.98 Å². The van der Waals surface area contributed by atoms with Gasteiger partial charge >= 0.3 is 0 Å². The molecule has 11 nitrogen and oxygen atoms in total. The van der Waals surface area contributed by atoms with Crippen LogP contribution in [-0.4, -0.2) is 70.6 Å². The third-order valence-electron chi connectivity index (χ3n) is 6.81. The van der Waals surface area contributed by atoms with Gasteiger partial charge in [0.05, 0.1) is 30.0 Å². The number of hydrogen-bond donors (Lipinski definition) is 0. The summed E-state index contributed by atoms with van der Waals surface area (Å²) in [6.07, 6.45) is 10.8. The van der Waals surface area contributed by atoms with Crippen molar-refractivity contribution in [2.24, 2.45) is 0 Å². The van der Waals surface area contributed by atoms with E-state index in [0.29, 0.717) is 5.56 Å². The van der Waals surface area contributed by atoms with Crippen LogP contribution in [0.3, 0.4) is 0 Å². The first-order valence-electron chi connectivity index (χ1n) is 12.6. The number of nitriles is 1. The van der Waals surface area contributed by atoms with Crippen molar-refractivity contribution < 1.29 is 0 Å². The predicted molar refractivity (Wildman–Crippen MR) is 142 cm³/mol. The van der Waals surface area contributed by atoms with Gasteiger partial charge in [0.1, 0.15) is 23.4 Å². The van der Waals surface area contributed by atoms with E-state index in [0.717, 1.165) is 72.3 Å². The van der Waals surface area contributed by atoms with E-state index in [2.05, 4.69) is 61.2 Å². The molecule has 0 unspecified atom stereocenters. The summed E-state index contributed by atoms with van der Waals surface area (Å²) < 4.78 is 3.56. The molecule has 6 heterocycles. The van der Waals surface area contributed by atoms with Gasteiger partial charge in [-0.1, -0.05) is 5.21 Å². The van der Waals surface area contributed by atoms with E-state index in [9.17, 15) is 5.26 Å². The third kappa shape index (κ3) is 4.57.